The van der Waals surface area contributed by atoms with E-state index in [0.29, 0.717) is 12.0 Å². The lowest BCUT2D eigenvalue weighted by Gasteiger charge is -2.31. The highest BCUT2D eigenvalue weighted by Crippen LogP contribution is 2.31. The molecular formula is C16H20F3N3O2. The molecule has 2 aliphatic rings. The zero-order valence-electron chi connectivity index (χ0n) is 13.0. The van der Waals surface area contributed by atoms with Crippen LogP contribution in [0.3, 0.4) is 0 Å². The van der Waals surface area contributed by atoms with E-state index in [0.717, 1.165) is 37.9 Å². The molecule has 1 saturated heterocycles. The summed E-state index contributed by atoms with van der Waals surface area (Å²) in [6, 6.07) is 5.08. The molecule has 1 aromatic carbocycles. The van der Waals surface area contributed by atoms with Gasteiger partial charge in [-0.05, 0) is 43.4 Å². The number of alkyl halides is 3. The Labute approximate surface area is 137 Å². The maximum atomic E-state index is 12.6. The van der Waals surface area contributed by atoms with Gasteiger partial charge in [0.05, 0.1) is 5.56 Å². The van der Waals surface area contributed by atoms with Crippen LogP contribution in [0, 0.1) is 5.92 Å². The molecule has 0 aromatic heterocycles. The highest BCUT2D eigenvalue weighted by molar-refractivity contribution is 5.77. The van der Waals surface area contributed by atoms with Gasteiger partial charge in [-0.1, -0.05) is 6.07 Å². The molecule has 1 aromatic rings. The Kier molecular flexibility index (Phi) is 4.96. The maximum Gasteiger partial charge on any atom is 0.416 e. The molecule has 1 saturated carbocycles. The fourth-order valence-corrected chi connectivity index (χ4v) is 3.31. The van der Waals surface area contributed by atoms with Crippen molar-refractivity contribution in [3.63, 3.8) is 0 Å². The number of hydrazine groups is 1. The van der Waals surface area contributed by atoms with Gasteiger partial charge in [-0.15, -0.1) is 0 Å². The third kappa shape index (κ3) is 4.18. The normalized spacial score (nSPS) is 26.7. The molecular weight excluding hydrogens is 323 g/mol. The lowest BCUT2D eigenvalue weighted by atomic mass is 9.83. The molecule has 3 atom stereocenters. The van der Waals surface area contributed by atoms with Gasteiger partial charge in [0.25, 0.3) is 5.91 Å². The van der Waals surface area contributed by atoms with E-state index >= 15 is 0 Å². The minimum absolute atomic E-state index is 0.0351. The third-order valence-corrected chi connectivity index (χ3v) is 4.53. The Hall–Kier alpha value is -1.80. The van der Waals surface area contributed by atoms with Crippen LogP contribution < -0.4 is 20.9 Å². The molecule has 1 heterocycles. The van der Waals surface area contributed by atoms with Crippen molar-refractivity contribution in [1.82, 2.24) is 16.2 Å². The third-order valence-electron chi connectivity index (χ3n) is 4.53. The van der Waals surface area contributed by atoms with Crippen molar-refractivity contribution < 1.29 is 22.7 Å². The first kappa shape index (κ1) is 17.0. The van der Waals surface area contributed by atoms with Gasteiger partial charge in [0.15, 0.2) is 6.61 Å². The van der Waals surface area contributed by atoms with Gasteiger partial charge >= 0.3 is 6.18 Å². The molecule has 1 aliphatic carbocycles. The number of ether oxygens (including phenoxy) is 1. The van der Waals surface area contributed by atoms with Crippen molar-refractivity contribution in [2.45, 2.75) is 37.5 Å². The van der Waals surface area contributed by atoms with Crippen LogP contribution in [0.5, 0.6) is 5.75 Å². The molecule has 8 heteroatoms. The Morgan fingerprint density at radius 1 is 1.33 bits per heavy atom. The minimum atomic E-state index is -4.43. The van der Waals surface area contributed by atoms with Crippen molar-refractivity contribution in [2.75, 3.05) is 13.2 Å². The first-order valence-corrected chi connectivity index (χ1v) is 7.99. The number of carbonyl (C=O) groups excluding carboxylic acids is 1. The van der Waals surface area contributed by atoms with Gasteiger partial charge in [0.2, 0.25) is 0 Å². The van der Waals surface area contributed by atoms with Gasteiger partial charge in [-0.3, -0.25) is 15.6 Å². The molecule has 3 unspecified atom stereocenters. The Morgan fingerprint density at radius 2 is 2.17 bits per heavy atom. The van der Waals surface area contributed by atoms with Crippen LogP contribution in [-0.2, 0) is 11.0 Å². The second kappa shape index (κ2) is 6.98. The topological polar surface area (TPSA) is 62.4 Å². The fourth-order valence-electron chi connectivity index (χ4n) is 3.31. The Bertz CT molecular complexity index is 594. The zero-order chi connectivity index (χ0) is 17.2. The first-order valence-electron chi connectivity index (χ1n) is 7.99. The lowest BCUT2D eigenvalue weighted by molar-refractivity contribution is -0.137. The molecule has 132 valence electrons. The SMILES string of the molecule is O=C(COc1cccc(C(F)(F)F)c1)NC1CCC2NNCC2C1. The van der Waals surface area contributed by atoms with E-state index in [-0.39, 0.29) is 24.3 Å². The number of nitrogens with one attached hydrogen (secondary N) is 3. The number of rotatable bonds is 4. The van der Waals surface area contributed by atoms with E-state index in [1.165, 1.54) is 12.1 Å². The Balaban J connectivity index is 1.47. The standard InChI is InChI=1S/C16H20F3N3O2/c17-16(18,19)11-2-1-3-13(7-11)24-9-15(23)21-12-4-5-14-10(6-12)8-20-22-14/h1-3,7,10,12,14,20,22H,4-6,8-9H2,(H,21,23). The number of hydrogen-bond acceptors (Lipinski definition) is 4. The van der Waals surface area contributed by atoms with E-state index in [1.54, 1.807) is 0 Å². The van der Waals surface area contributed by atoms with Crippen LogP contribution in [0.25, 0.3) is 0 Å². The minimum Gasteiger partial charge on any atom is -0.484 e. The average Bonchev–Trinajstić information content (AvgIpc) is 3.00. The summed E-state index contributed by atoms with van der Waals surface area (Å²) in [7, 11) is 0. The molecule has 1 amide bonds. The summed E-state index contributed by atoms with van der Waals surface area (Å²) in [5.74, 6) is 0.219. The van der Waals surface area contributed by atoms with E-state index in [1.807, 2.05) is 0 Å². The molecule has 0 spiro atoms. The molecule has 24 heavy (non-hydrogen) atoms. The maximum absolute atomic E-state index is 12.6. The average molecular weight is 343 g/mol. The monoisotopic (exact) mass is 343 g/mol. The predicted molar refractivity (Wildman–Crippen MR) is 81.1 cm³/mol. The molecule has 2 fully saturated rings. The summed E-state index contributed by atoms with van der Waals surface area (Å²) in [6.45, 7) is 0.597. The van der Waals surface area contributed by atoms with Crippen LogP contribution in [-0.4, -0.2) is 31.1 Å². The van der Waals surface area contributed by atoms with Gasteiger partial charge in [0, 0.05) is 18.6 Å². The molecule has 5 nitrogen and oxygen atoms in total. The second-order valence-electron chi connectivity index (χ2n) is 6.28. The summed E-state index contributed by atoms with van der Waals surface area (Å²) >= 11 is 0. The highest BCUT2D eigenvalue weighted by Gasteiger charge is 2.34. The van der Waals surface area contributed by atoms with Crippen molar-refractivity contribution in [3.05, 3.63) is 29.8 Å². The van der Waals surface area contributed by atoms with Crippen molar-refractivity contribution in [2.24, 2.45) is 5.92 Å². The van der Waals surface area contributed by atoms with Gasteiger partial charge in [-0.25, -0.2) is 0 Å². The lowest BCUT2D eigenvalue weighted by Crippen LogP contribution is -2.45. The van der Waals surface area contributed by atoms with Crippen LogP contribution in [0.2, 0.25) is 0 Å². The van der Waals surface area contributed by atoms with Gasteiger partial charge < -0.3 is 10.1 Å². The second-order valence-corrected chi connectivity index (χ2v) is 6.28. The summed E-state index contributed by atoms with van der Waals surface area (Å²) < 4.78 is 43.1. The van der Waals surface area contributed by atoms with E-state index in [4.69, 9.17) is 4.74 Å². The first-order chi connectivity index (χ1) is 11.4. The van der Waals surface area contributed by atoms with Crippen molar-refractivity contribution in [3.8, 4) is 5.75 Å². The largest absolute Gasteiger partial charge is 0.484 e. The number of hydrogen-bond donors (Lipinski definition) is 3. The van der Waals surface area contributed by atoms with Crippen LogP contribution in [0.4, 0.5) is 13.2 Å². The predicted octanol–water partition coefficient (Wildman–Crippen LogP) is 1.85. The van der Waals surface area contributed by atoms with E-state index in [2.05, 4.69) is 16.2 Å². The van der Waals surface area contributed by atoms with Crippen LogP contribution in [0.1, 0.15) is 24.8 Å². The van der Waals surface area contributed by atoms with E-state index < -0.39 is 11.7 Å². The number of carbonyl (C=O) groups is 1. The molecule has 1 aliphatic heterocycles. The molecule has 0 bridgehead atoms. The molecule has 3 N–H and O–H groups in total. The van der Waals surface area contributed by atoms with Gasteiger partial charge in [0.1, 0.15) is 5.75 Å². The number of halogens is 3. The summed E-state index contributed by atoms with van der Waals surface area (Å²) in [6.07, 6.45) is -1.67. The number of benzene rings is 1. The van der Waals surface area contributed by atoms with E-state index in [9.17, 15) is 18.0 Å². The van der Waals surface area contributed by atoms with Crippen molar-refractivity contribution >= 4 is 5.91 Å². The van der Waals surface area contributed by atoms with Crippen LogP contribution in [0.15, 0.2) is 24.3 Å². The number of amides is 1. The Morgan fingerprint density at radius 3 is 2.96 bits per heavy atom. The highest BCUT2D eigenvalue weighted by atomic mass is 19.4. The summed E-state index contributed by atoms with van der Waals surface area (Å²) in [5, 5.41) is 2.90. The zero-order valence-corrected chi connectivity index (χ0v) is 13.0. The quantitative estimate of drug-likeness (QED) is 0.781. The smallest absolute Gasteiger partial charge is 0.416 e. The van der Waals surface area contributed by atoms with Gasteiger partial charge in [-0.2, -0.15) is 13.2 Å². The number of fused-ring (bicyclic) bond motifs is 1. The molecule has 0 radical (unpaired) electrons. The van der Waals surface area contributed by atoms with Crippen LogP contribution >= 0.6 is 0 Å². The van der Waals surface area contributed by atoms with Crippen molar-refractivity contribution in [1.29, 1.82) is 0 Å². The fraction of sp³-hybridized carbons (Fsp3) is 0.562. The summed E-state index contributed by atoms with van der Waals surface area (Å²) in [4.78, 5) is 12.0. The summed E-state index contributed by atoms with van der Waals surface area (Å²) in [5.41, 5.74) is 5.55. The molecule has 3 rings (SSSR count).